The number of fused-ring (bicyclic) bond motifs is 1. The number of para-hydroxylation sites is 1. The molecule has 0 saturated carbocycles. The average Bonchev–Trinajstić information content (AvgIpc) is 2.82. The first-order valence-electron chi connectivity index (χ1n) is 6.46. The molecule has 0 spiro atoms. The van der Waals surface area contributed by atoms with Crippen molar-refractivity contribution < 1.29 is 14.7 Å². The van der Waals surface area contributed by atoms with Gasteiger partial charge < -0.3 is 15.7 Å². The van der Waals surface area contributed by atoms with Gasteiger partial charge in [-0.25, -0.2) is 0 Å². The van der Waals surface area contributed by atoms with Gasteiger partial charge in [-0.15, -0.1) is 0 Å². The van der Waals surface area contributed by atoms with Crippen molar-refractivity contribution in [2.75, 3.05) is 11.9 Å². The Bertz CT molecular complexity index is 462. The number of carbonyl (C=O) groups excluding carboxylic acids is 1. The summed E-state index contributed by atoms with van der Waals surface area (Å²) in [5, 5.41) is 14.8. The molecule has 0 aromatic heterocycles. The maximum absolute atomic E-state index is 12.0. The number of aliphatic carboxylic acids is 1. The van der Waals surface area contributed by atoms with Gasteiger partial charge in [-0.05, 0) is 18.1 Å². The second kappa shape index (κ2) is 5.73. The van der Waals surface area contributed by atoms with Gasteiger partial charge >= 0.3 is 5.97 Å². The van der Waals surface area contributed by atoms with Gasteiger partial charge in [0, 0.05) is 18.7 Å². The molecule has 0 aliphatic carbocycles. The molecule has 102 valence electrons. The lowest BCUT2D eigenvalue weighted by Gasteiger charge is -2.15. The first kappa shape index (κ1) is 13.4. The molecular formula is C14H18N2O3. The zero-order valence-electron chi connectivity index (χ0n) is 10.8. The summed E-state index contributed by atoms with van der Waals surface area (Å²) < 4.78 is 0. The van der Waals surface area contributed by atoms with Crippen molar-refractivity contribution in [3.63, 3.8) is 0 Å². The number of nitrogens with one attached hydrogen (secondary N) is 2. The zero-order valence-corrected chi connectivity index (χ0v) is 10.8. The van der Waals surface area contributed by atoms with Crippen LogP contribution in [0.4, 0.5) is 5.69 Å². The summed E-state index contributed by atoms with van der Waals surface area (Å²) in [7, 11) is 0. The molecule has 1 aromatic rings. The minimum atomic E-state index is -0.870. The second-order valence-electron chi connectivity index (χ2n) is 4.75. The highest BCUT2D eigenvalue weighted by Crippen LogP contribution is 2.25. The number of carbonyl (C=O) groups is 2. The van der Waals surface area contributed by atoms with Gasteiger partial charge in [-0.2, -0.15) is 0 Å². The van der Waals surface area contributed by atoms with E-state index in [2.05, 4.69) is 10.6 Å². The normalized spacial score (nSPS) is 18.3. The fourth-order valence-corrected chi connectivity index (χ4v) is 2.21. The average molecular weight is 262 g/mol. The Balaban J connectivity index is 1.88. The lowest BCUT2D eigenvalue weighted by atomic mass is 10.1. The van der Waals surface area contributed by atoms with Crippen LogP contribution in [0.2, 0.25) is 0 Å². The third-order valence-electron chi connectivity index (χ3n) is 3.45. The molecule has 5 nitrogen and oxygen atoms in total. The van der Waals surface area contributed by atoms with Crippen LogP contribution in [0.25, 0.3) is 0 Å². The van der Waals surface area contributed by atoms with E-state index in [0.717, 1.165) is 11.3 Å². The van der Waals surface area contributed by atoms with E-state index in [-0.39, 0.29) is 18.5 Å². The van der Waals surface area contributed by atoms with E-state index in [4.69, 9.17) is 5.11 Å². The summed E-state index contributed by atoms with van der Waals surface area (Å²) in [4.78, 5) is 22.9. The molecule has 1 aliphatic heterocycles. The monoisotopic (exact) mass is 262 g/mol. The third-order valence-corrected chi connectivity index (χ3v) is 3.45. The van der Waals surface area contributed by atoms with Crippen LogP contribution in [-0.2, 0) is 16.0 Å². The number of hydrogen-bond acceptors (Lipinski definition) is 3. The topological polar surface area (TPSA) is 78.4 Å². The van der Waals surface area contributed by atoms with E-state index in [0.29, 0.717) is 12.8 Å². The highest BCUT2D eigenvalue weighted by atomic mass is 16.4. The Morgan fingerprint density at radius 3 is 2.84 bits per heavy atom. The van der Waals surface area contributed by atoms with E-state index in [9.17, 15) is 9.59 Å². The highest BCUT2D eigenvalue weighted by molar-refractivity contribution is 5.87. The van der Waals surface area contributed by atoms with Crippen LogP contribution in [0.15, 0.2) is 24.3 Å². The summed E-state index contributed by atoms with van der Waals surface area (Å²) in [5.74, 6) is -1.53. The van der Waals surface area contributed by atoms with Crippen molar-refractivity contribution >= 4 is 17.6 Å². The summed E-state index contributed by atoms with van der Waals surface area (Å²) in [6, 6.07) is 7.49. The number of benzene rings is 1. The van der Waals surface area contributed by atoms with Crippen LogP contribution in [0, 0.1) is 5.92 Å². The molecule has 1 aliphatic rings. The van der Waals surface area contributed by atoms with Crippen LogP contribution in [-0.4, -0.2) is 29.6 Å². The Morgan fingerprint density at radius 1 is 1.47 bits per heavy atom. The summed E-state index contributed by atoms with van der Waals surface area (Å²) >= 11 is 0. The van der Waals surface area contributed by atoms with Crippen LogP contribution < -0.4 is 10.6 Å². The fraction of sp³-hybridized carbons (Fsp3) is 0.429. The smallest absolute Gasteiger partial charge is 0.308 e. The lowest BCUT2D eigenvalue weighted by Crippen LogP contribution is -2.41. The fourth-order valence-electron chi connectivity index (χ4n) is 2.21. The van der Waals surface area contributed by atoms with Crippen LogP contribution in [0.5, 0.6) is 0 Å². The van der Waals surface area contributed by atoms with Crippen molar-refractivity contribution in [3.8, 4) is 0 Å². The second-order valence-corrected chi connectivity index (χ2v) is 4.75. The molecular weight excluding hydrogens is 244 g/mol. The van der Waals surface area contributed by atoms with Crippen molar-refractivity contribution in [1.29, 1.82) is 0 Å². The number of amides is 1. The van der Waals surface area contributed by atoms with Gasteiger partial charge in [0.15, 0.2) is 0 Å². The quantitative estimate of drug-likeness (QED) is 0.746. The Morgan fingerprint density at radius 2 is 2.21 bits per heavy atom. The van der Waals surface area contributed by atoms with E-state index < -0.39 is 11.9 Å². The van der Waals surface area contributed by atoms with Crippen molar-refractivity contribution in [2.24, 2.45) is 5.92 Å². The molecule has 1 heterocycles. The van der Waals surface area contributed by atoms with Crippen molar-refractivity contribution in [3.05, 3.63) is 29.8 Å². The molecule has 0 bridgehead atoms. The van der Waals surface area contributed by atoms with Gasteiger partial charge in [-0.3, -0.25) is 9.59 Å². The predicted octanol–water partition coefficient (Wildman–Crippen LogP) is 1.25. The Hall–Kier alpha value is -2.04. The van der Waals surface area contributed by atoms with Crippen LogP contribution in [0.3, 0.4) is 0 Å². The molecule has 2 atom stereocenters. The molecule has 2 rings (SSSR count). The number of carboxylic acid groups (broad SMARTS) is 1. The highest BCUT2D eigenvalue weighted by Gasteiger charge is 2.27. The van der Waals surface area contributed by atoms with Gasteiger partial charge in [0.2, 0.25) is 5.91 Å². The maximum Gasteiger partial charge on any atom is 0.308 e. The minimum absolute atomic E-state index is 0.143. The molecule has 0 radical (unpaired) electrons. The van der Waals surface area contributed by atoms with E-state index in [1.165, 1.54) is 0 Å². The molecule has 1 aromatic carbocycles. The molecule has 0 saturated heterocycles. The molecule has 5 heteroatoms. The number of hydrogen-bond donors (Lipinski definition) is 3. The minimum Gasteiger partial charge on any atom is -0.481 e. The third kappa shape index (κ3) is 3.05. The summed E-state index contributed by atoms with van der Waals surface area (Å²) in [5.41, 5.74) is 2.10. The molecule has 0 fully saturated rings. The van der Waals surface area contributed by atoms with Crippen LogP contribution in [0.1, 0.15) is 18.9 Å². The SMILES string of the molecule is CCC(CNC(=O)[C@@H]1Cc2ccccc2N1)C(=O)O. The van der Waals surface area contributed by atoms with Crippen molar-refractivity contribution in [2.45, 2.75) is 25.8 Å². The van der Waals surface area contributed by atoms with Gasteiger partial charge in [0.05, 0.1) is 5.92 Å². The van der Waals surface area contributed by atoms with E-state index in [1.54, 1.807) is 6.92 Å². The molecule has 3 N–H and O–H groups in total. The number of anilines is 1. The molecule has 1 unspecified atom stereocenters. The Labute approximate surface area is 112 Å². The largest absolute Gasteiger partial charge is 0.481 e. The molecule has 1 amide bonds. The van der Waals surface area contributed by atoms with Gasteiger partial charge in [0.25, 0.3) is 0 Å². The summed E-state index contributed by atoms with van der Waals surface area (Å²) in [6.07, 6.45) is 1.15. The lowest BCUT2D eigenvalue weighted by molar-refractivity contribution is -0.141. The molecule has 19 heavy (non-hydrogen) atoms. The number of rotatable bonds is 5. The van der Waals surface area contributed by atoms with Gasteiger partial charge in [0.1, 0.15) is 6.04 Å². The standard InChI is InChI=1S/C14H18N2O3/c1-2-9(14(18)19)8-15-13(17)12-7-10-5-3-4-6-11(10)16-12/h3-6,9,12,16H,2,7-8H2,1H3,(H,15,17)(H,18,19)/t9?,12-/m0/s1. The van der Waals surface area contributed by atoms with E-state index >= 15 is 0 Å². The first-order chi connectivity index (χ1) is 9.11. The predicted molar refractivity (Wildman–Crippen MR) is 72.0 cm³/mol. The number of carboxylic acids is 1. The Kier molecular flexibility index (Phi) is 4.04. The van der Waals surface area contributed by atoms with Gasteiger partial charge in [-0.1, -0.05) is 25.1 Å². The van der Waals surface area contributed by atoms with Crippen LogP contribution >= 0.6 is 0 Å². The van der Waals surface area contributed by atoms with E-state index in [1.807, 2.05) is 24.3 Å². The summed E-state index contributed by atoms with van der Waals surface area (Å²) in [6.45, 7) is 1.98. The first-order valence-corrected chi connectivity index (χ1v) is 6.46. The van der Waals surface area contributed by atoms with Crippen molar-refractivity contribution in [1.82, 2.24) is 5.32 Å². The maximum atomic E-state index is 12.0. The zero-order chi connectivity index (χ0) is 13.8.